The zero-order valence-corrected chi connectivity index (χ0v) is 15.3. The molecule has 1 unspecified atom stereocenters. The van der Waals surface area contributed by atoms with Crippen molar-refractivity contribution in [3.05, 3.63) is 53.7 Å². The second-order valence-electron chi connectivity index (χ2n) is 5.84. The Morgan fingerprint density at radius 3 is 2.54 bits per heavy atom. The molecule has 138 valence electrons. The van der Waals surface area contributed by atoms with E-state index in [-0.39, 0.29) is 18.1 Å². The summed E-state index contributed by atoms with van der Waals surface area (Å²) in [7, 11) is 0. The Morgan fingerprint density at radius 2 is 1.88 bits per heavy atom. The third-order valence-electron chi connectivity index (χ3n) is 3.98. The number of carbonyl (C=O) groups is 2. The summed E-state index contributed by atoms with van der Waals surface area (Å²) in [5.74, 6) is -0.388. The van der Waals surface area contributed by atoms with Crippen LogP contribution in [-0.4, -0.2) is 30.1 Å². The van der Waals surface area contributed by atoms with Gasteiger partial charge in [-0.05, 0) is 49.1 Å². The van der Waals surface area contributed by atoms with Crippen LogP contribution in [0.25, 0.3) is 0 Å². The lowest BCUT2D eigenvalue weighted by molar-refractivity contribution is -0.119. The molecule has 6 nitrogen and oxygen atoms in total. The van der Waals surface area contributed by atoms with E-state index in [2.05, 4.69) is 24.1 Å². The number of hydrogen-bond donors (Lipinski definition) is 1. The van der Waals surface area contributed by atoms with Crippen LogP contribution in [0.4, 0.5) is 5.69 Å². The molecule has 0 aliphatic rings. The fourth-order valence-electron chi connectivity index (χ4n) is 2.33. The van der Waals surface area contributed by atoms with Gasteiger partial charge in [0.1, 0.15) is 5.56 Å². The molecule has 2 aromatic rings. The Morgan fingerprint density at radius 1 is 1.15 bits per heavy atom. The largest absolute Gasteiger partial charge is 0.477 e. The summed E-state index contributed by atoms with van der Waals surface area (Å²) in [6.45, 7) is 6.08. The molecule has 1 aromatic carbocycles. The molecule has 1 N–H and O–H groups in total. The van der Waals surface area contributed by atoms with E-state index < -0.39 is 11.9 Å². The van der Waals surface area contributed by atoms with Gasteiger partial charge in [-0.1, -0.05) is 26.0 Å². The molecule has 1 heterocycles. The third kappa shape index (κ3) is 5.31. The lowest BCUT2D eigenvalue weighted by atomic mass is 9.99. The minimum Gasteiger partial charge on any atom is -0.477 e. The molecule has 0 radical (unpaired) electrons. The average molecular weight is 356 g/mol. The smallest absolute Gasteiger partial charge is 0.344 e. The highest BCUT2D eigenvalue weighted by Gasteiger charge is 2.16. The van der Waals surface area contributed by atoms with Crippen molar-refractivity contribution in [2.45, 2.75) is 33.1 Å². The molecular formula is C20H24N2O4. The van der Waals surface area contributed by atoms with E-state index in [1.54, 1.807) is 19.1 Å². The maximum atomic E-state index is 12.1. The number of ether oxygens (including phenoxy) is 2. The zero-order chi connectivity index (χ0) is 18.9. The molecule has 26 heavy (non-hydrogen) atoms. The van der Waals surface area contributed by atoms with Crippen molar-refractivity contribution in [2.24, 2.45) is 0 Å². The van der Waals surface area contributed by atoms with Crippen molar-refractivity contribution in [1.29, 1.82) is 0 Å². The summed E-state index contributed by atoms with van der Waals surface area (Å²) in [4.78, 5) is 28.1. The Balaban J connectivity index is 1.89. The van der Waals surface area contributed by atoms with Gasteiger partial charge in [0, 0.05) is 11.9 Å². The highest BCUT2D eigenvalue weighted by atomic mass is 16.5. The van der Waals surface area contributed by atoms with Crippen molar-refractivity contribution in [2.75, 3.05) is 18.5 Å². The molecule has 1 atom stereocenters. The fraction of sp³-hybridized carbons (Fsp3) is 0.350. The van der Waals surface area contributed by atoms with Crippen LogP contribution in [0, 0.1) is 0 Å². The molecule has 0 aliphatic carbocycles. The summed E-state index contributed by atoms with van der Waals surface area (Å²) < 4.78 is 10.3. The van der Waals surface area contributed by atoms with E-state index >= 15 is 0 Å². The summed E-state index contributed by atoms with van der Waals surface area (Å²) in [6.07, 6.45) is 2.58. The Bertz CT molecular complexity index is 744. The van der Waals surface area contributed by atoms with Gasteiger partial charge in [0.05, 0.1) is 6.61 Å². The van der Waals surface area contributed by atoms with Crippen LogP contribution in [0.1, 0.15) is 49.0 Å². The minimum absolute atomic E-state index is 0.194. The van der Waals surface area contributed by atoms with Crippen LogP contribution in [-0.2, 0) is 9.53 Å². The lowest BCUT2D eigenvalue weighted by Gasteiger charge is -2.11. The van der Waals surface area contributed by atoms with Gasteiger partial charge in [0.15, 0.2) is 6.61 Å². The number of esters is 1. The van der Waals surface area contributed by atoms with Crippen LogP contribution in [0.5, 0.6) is 5.88 Å². The van der Waals surface area contributed by atoms with E-state index in [9.17, 15) is 9.59 Å². The van der Waals surface area contributed by atoms with Gasteiger partial charge in [-0.15, -0.1) is 0 Å². The number of rotatable bonds is 8. The molecule has 0 fully saturated rings. The van der Waals surface area contributed by atoms with Crippen LogP contribution in [0.2, 0.25) is 0 Å². The molecule has 0 bridgehead atoms. The second-order valence-corrected chi connectivity index (χ2v) is 5.84. The van der Waals surface area contributed by atoms with E-state index in [0.717, 1.165) is 6.42 Å². The van der Waals surface area contributed by atoms with Crippen molar-refractivity contribution in [1.82, 2.24) is 4.98 Å². The van der Waals surface area contributed by atoms with Gasteiger partial charge in [-0.2, -0.15) is 0 Å². The Kier molecular flexibility index (Phi) is 7.14. The average Bonchev–Trinajstić information content (AvgIpc) is 2.67. The van der Waals surface area contributed by atoms with Gasteiger partial charge >= 0.3 is 5.97 Å². The maximum absolute atomic E-state index is 12.1. The standard InChI is InChI=1S/C20H24N2O4/c1-4-14(3)15-8-10-16(11-9-15)22-18(23)13-26-20(24)17-7-6-12-21-19(17)25-5-2/h6-12,14H,4-5,13H2,1-3H3,(H,22,23). The predicted molar refractivity (Wildman–Crippen MR) is 99.5 cm³/mol. The summed E-state index contributed by atoms with van der Waals surface area (Å²) in [6, 6.07) is 10.8. The molecule has 0 saturated carbocycles. The number of aromatic nitrogens is 1. The van der Waals surface area contributed by atoms with Gasteiger partial charge < -0.3 is 14.8 Å². The van der Waals surface area contributed by atoms with Gasteiger partial charge in [-0.25, -0.2) is 9.78 Å². The molecular weight excluding hydrogens is 332 g/mol. The molecule has 0 spiro atoms. The number of amides is 1. The third-order valence-corrected chi connectivity index (χ3v) is 3.98. The predicted octanol–water partition coefficient (Wildman–Crippen LogP) is 3.79. The lowest BCUT2D eigenvalue weighted by Crippen LogP contribution is -2.21. The van der Waals surface area contributed by atoms with Crippen LogP contribution in [0.3, 0.4) is 0 Å². The topological polar surface area (TPSA) is 77.5 Å². The fourth-order valence-corrected chi connectivity index (χ4v) is 2.33. The Labute approximate surface area is 153 Å². The van der Waals surface area contributed by atoms with Gasteiger partial charge in [-0.3, -0.25) is 4.79 Å². The van der Waals surface area contributed by atoms with Crippen molar-refractivity contribution in [3.63, 3.8) is 0 Å². The van der Waals surface area contributed by atoms with Crippen molar-refractivity contribution < 1.29 is 19.1 Å². The summed E-state index contributed by atoms with van der Waals surface area (Å²) >= 11 is 0. The van der Waals surface area contributed by atoms with Crippen LogP contribution >= 0.6 is 0 Å². The normalized spacial score (nSPS) is 11.5. The molecule has 1 amide bonds. The minimum atomic E-state index is -0.649. The number of nitrogens with zero attached hydrogens (tertiary/aromatic N) is 1. The molecule has 1 aromatic heterocycles. The van der Waals surface area contributed by atoms with E-state index in [4.69, 9.17) is 9.47 Å². The van der Waals surface area contributed by atoms with Gasteiger partial charge in [0.2, 0.25) is 5.88 Å². The highest BCUT2D eigenvalue weighted by molar-refractivity contribution is 5.96. The first kappa shape index (κ1) is 19.4. The first-order valence-corrected chi connectivity index (χ1v) is 8.69. The van der Waals surface area contributed by atoms with Crippen molar-refractivity contribution in [3.8, 4) is 5.88 Å². The zero-order valence-electron chi connectivity index (χ0n) is 15.3. The maximum Gasteiger partial charge on any atom is 0.344 e. The molecule has 2 rings (SSSR count). The number of nitrogens with one attached hydrogen (secondary N) is 1. The molecule has 6 heteroatoms. The van der Waals surface area contributed by atoms with Crippen molar-refractivity contribution >= 4 is 17.6 Å². The van der Waals surface area contributed by atoms with Crippen LogP contribution in [0.15, 0.2) is 42.6 Å². The quantitative estimate of drug-likeness (QED) is 0.728. The van der Waals surface area contributed by atoms with Gasteiger partial charge in [0.25, 0.3) is 5.91 Å². The second kappa shape index (κ2) is 9.56. The SMILES string of the molecule is CCOc1ncccc1C(=O)OCC(=O)Nc1ccc(C(C)CC)cc1. The van der Waals surface area contributed by atoms with E-state index in [1.807, 2.05) is 24.3 Å². The van der Waals surface area contributed by atoms with E-state index in [1.165, 1.54) is 11.8 Å². The Hall–Kier alpha value is -2.89. The number of hydrogen-bond acceptors (Lipinski definition) is 5. The molecule has 0 saturated heterocycles. The molecule has 0 aliphatic heterocycles. The summed E-state index contributed by atoms with van der Waals surface area (Å²) in [5.41, 5.74) is 2.08. The highest BCUT2D eigenvalue weighted by Crippen LogP contribution is 2.20. The number of carbonyl (C=O) groups excluding carboxylic acids is 2. The number of anilines is 1. The van der Waals surface area contributed by atoms with Crippen LogP contribution < -0.4 is 10.1 Å². The number of pyridine rings is 1. The monoisotopic (exact) mass is 356 g/mol. The first-order chi connectivity index (χ1) is 12.5. The number of benzene rings is 1. The van der Waals surface area contributed by atoms with E-state index in [0.29, 0.717) is 18.2 Å². The summed E-state index contributed by atoms with van der Waals surface area (Å²) in [5, 5.41) is 2.71. The first-order valence-electron chi connectivity index (χ1n) is 8.69.